The lowest BCUT2D eigenvalue weighted by Gasteiger charge is -2.11. The summed E-state index contributed by atoms with van der Waals surface area (Å²) in [5.74, 6) is 0. The first-order valence-electron chi connectivity index (χ1n) is 4.88. The number of thiazole rings is 1. The largest absolute Gasteiger partial charge is 0.330 e. The van der Waals surface area contributed by atoms with Crippen molar-refractivity contribution in [3.8, 4) is 0 Å². The molecule has 1 aliphatic carbocycles. The molecular weight excluding hydrogens is 192 g/mol. The zero-order valence-corrected chi connectivity index (χ0v) is 8.68. The fourth-order valence-corrected chi connectivity index (χ4v) is 2.61. The Morgan fingerprint density at radius 2 is 2.29 bits per heavy atom. The highest BCUT2D eigenvalue weighted by atomic mass is 32.1. The predicted octanol–water partition coefficient (Wildman–Crippen LogP) is 2.29. The summed E-state index contributed by atoms with van der Waals surface area (Å²) in [5, 5.41) is 0. The maximum absolute atomic E-state index is 5.80. The van der Waals surface area contributed by atoms with Crippen LogP contribution in [0.25, 0.3) is 10.2 Å². The molecule has 1 heterocycles. The van der Waals surface area contributed by atoms with Gasteiger partial charge in [0.25, 0.3) is 0 Å². The Labute approximate surface area is 86.8 Å². The lowest BCUT2D eigenvalue weighted by molar-refractivity contribution is 0.706. The Morgan fingerprint density at radius 1 is 1.43 bits per heavy atom. The molecule has 2 N–H and O–H groups in total. The normalized spacial score (nSPS) is 18.6. The zero-order valence-electron chi connectivity index (χ0n) is 7.86. The van der Waals surface area contributed by atoms with Crippen LogP contribution in [0.1, 0.15) is 18.4 Å². The predicted molar refractivity (Wildman–Crippen MR) is 59.6 cm³/mol. The molecule has 0 radical (unpaired) electrons. The topological polar surface area (TPSA) is 38.9 Å². The van der Waals surface area contributed by atoms with Gasteiger partial charge in [-0.15, -0.1) is 11.3 Å². The molecule has 0 atom stereocenters. The first-order valence-corrected chi connectivity index (χ1v) is 5.76. The Kier molecular flexibility index (Phi) is 1.66. The number of hydrogen-bond donors (Lipinski definition) is 1. The summed E-state index contributed by atoms with van der Waals surface area (Å²) in [7, 11) is 0. The van der Waals surface area contributed by atoms with E-state index in [-0.39, 0.29) is 5.41 Å². The number of rotatable bonds is 2. The van der Waals surface area contributed by atoms with E-state index in [0.29, 0.717) is 0 Å². The summed E-state index contributed by atoms with van der Waals surface area (Å²) in [6.07, 6.45) is 2.47. The Morgan fingerprint density at radius 3 is 3.00 bits per heavy atom. The summed E-state index contributed by atoms with van der Waals surface area (Å²) >= 11 is 1.69. The molecule has 1 saturated carbocycles. The molecule has 0 saturated heterocycles. The number of nitrogens with zero attached hydrogens (tertiary/aromatic N) is 1. The van der Waals surface area contributed by atoms with E-state index in [0.717, 1.165) is 12.1 Å². The molecule has 1 aliphatic rings. The minimum atomic E-state index is 0.289. The molecule has 2 aromatic rings. The van der Waals surface area contributed by atoms with Crippen molar-refractivity contribution in [3.63, 3.8) is 0 Å². The van der Waals surface area contributed by atoms with Gasteiger partial charge in [0.15, 0.2) is 0 Å². The summed E-state index contributed by atoms with van der Waals surface area (Å²) in [6.45, 7) is 0.767. The first-order chi connectivity index (χ1) is 6.84. The van der Waals surface area contributed by atoms with Crippen molar-refractivity contribution < 1.29 is 0 Å². The highest BCUT2D eigenvalue weighted by molar-refractivity contribution is 7.16. The van der Waals surface area contributed by atoms with Gasteiger partial charge in [-0.3, -0.25) is 0 Å². The molecule has 0 amide bonds. The average molecular weight is 204 g/mol. The second kappa shape index (κ2) is 2.78. The van der Waals surface area contributed by atoms with Crippen LogP contribution >= 0.6 is 11.3 Å². The number of nitrogens with two attached hydrogens (primary N) is 1. The van der Waals surface area contributed by atoms with Crippen molar-refractivity contribution in [2.24, 2.45) is 5.73 Å². The van der Waals surface area contributed by atoms with Gasteiger partial charge in [0.2, 0.25) is 0 Å². The maximum atomic E-state index is 5.80. The zero-order chi connectivity index (χ0) is 9.60. The van der Waals surface area contributed by atoms with Crippen LogP contribution in [-0.4, -0.2) is 11.5 Å². The van der Waals surface area contributed by atoms with Gasteiger partial charge in [0, 0.05) is 12.0 Å². The third-order valence-electron chi connectivity index (χ3n) is 3.19. The molecule has 1 fully saturated rings. The van der Waals surface area contributed by atoms with Gasteiger partial charge >= 0.3 is 0 Å². The van der Waals surface area contributed by atoms with Crippen molar-refractivity contribution in [2.45, 2.75) is 18.3 Å². The minimum Gasteiger partial charge on any atom is -0.330 e. The van der Waals surface area contributed by atoms with E-state index in [4.69, 9.17) is 5.73 Å². The van der Waals surface area contributed by atoms with Crippen LogP contribution in [0.5, 0.6) is 0 Å². The average Bonchev–Trinajstić information content (AvgIpc) is 2.89. The Bertz CT molecular complexity index is 471. The summed E-state index contributed by atoms with van der Waals surface area (Å²) in [6, 6.07) is 6.57. The number of benzene rings is 1. The molecule has 1 aromatic carbocycles. The van der Waals surface area contributed by atoms with Gasteiger partial charge in [0.05, 0.1) is 15.7 Å². The van der Waals surface area contributed by atoms with Gasteiger partial charge in [-0.1, -0.05) is 6.07 Å². The number of fused-ring (bicyclic) bond motifs is 1. The fourth-order valence-electron chi connectivity index (χ4n) is 1.95. The summed E-state index contributed by atoms with van der Waals surface area (Å²) < 4.78 is 1.27. The smallest absolute Gasteiger partial charge is 0.0814 e. The molecule has 3 heteroatoms. The molecule has 72 valence electrons. The van der Waals surface area contributed by atoms with Crippen molar-refractivity contribution in [2.75, 3.05) is 6.54 Å². The third kappa shape index (κ3) is 1.09. The SMILES string of the molecule is NCC1(c2ccc3scnc3c2)CC1. The van der Waals surface area contributed by atoms with E-state index in [1.54, 1.807) is 11.3 Å². The first kappa shape index (κ1) is 8.38. The highest BCUT2D eigenvalue weighted by Crippen LogP contribution is 2.47. The maximum Gasteiger partial charge on any atom is 0.0814 e. The van der Waals surface area contributed by atoms with E-state index < -0.39 is 0 Å². The quantitative estimate of drug-likeness (QED) is 0.815. The van der Waals surface area contributed by atoms with Crippen LogP contribution in [0.4, 0.5) is 0 Å². The molecule has 0 unspecified atom stereocenters. The number of hydrogen-bond acceptors (Lipinski definition) is 3. The van der Waals surface area contributed by atoms with Gasteiger partial charge in [-0.2, -0.15) is 0 Å². The van der Waals surface area contributed by atoms with E-state index in [9.17, 15) is 0 Å². The van der Waals surface area contributed by atoms with E-state index in [1.165, 1.54) is 23.1 Å². The lowest BCUT2D eigenvalue weighted by atomic mass is 9.96. The molecule has 2 nitrogen and oxygen atoms in total. The fraction of sp³-hybridized carbons (Fsp3) is 0.364. The van der Waals surface area contributed by atoms with Crippen LogP contribution in [0.15, 0.2) is 23.7 Å². The van der Waals surface area contributed by atoms with Crippen molar-refractivity contribution in [1.29, 1.82) is 0 Å². The molecule has 1 aromatic heterocycles. The Hall–Kier alpha value is -0.930. The molecule has 3 rings (SSSR count). The second-order valence-corrected chi connectivity index (χ2v) is 4.91. The lowest BCUT2D eigenvalue weighted by Crippen LogP contribution is -2.19. The van der Waals surface area contributed by atoms with Crippen LogP contribution in [0.3, 0.4) is 0 Å². The molecule has 0 bridgehead atoms. The molecule has 14 heavy (non-hydrogen) atoms. The van der Waals surface area contributed by atoms with Crippen LogP contribution in [0, 0.1) is 0 Å². The summed E-state index contributed by atoms with van der Waals surface area (Å²) in [4.78, 5) is 4.33. The van der Waals surface area contributed by atoms with E-state index in [2.05, 4.69) is 23.2 Å². The number of aromatic nitrogens is 1. The minimum absolute atomic E-state index is 0.289. The molecule has 0 aliphatic heterocycles. The van der Waals surface area contributed by atoms with Crippen LogP contribution in [-0.2, 0) is 5.41 Å². The van der Waals surface area contributed by atoms with Crippen molar-refractivity contribution in [3.05, 3.63) is 29.3 Å². The van der Waals surface area contributed by atoms with Crippen molar-refractivity contribution in [1.82, 2.24) is 4.98 Å². The van der Waals surface area contributed by atoms with Crippen molar-refractivity contribution >= 4 is 21.6 Å². The molecular formula is C11H12N2S. The van der Waals surface area contributed by atoms with Gasteiger partial charge < -0.3 is 5.73 Å². The van der Waals surface area contributed by atoms with Gasteiger partial charge in [-0.25, -0.2) is 4.98 Å². The second-order valence-electron chi connectivity index (χ2n) is 4.02. The Balaban J connectivity index is 2.13. The molecule has 0 spiro atoms. The van der Waals surface area contributed by atoms with E-state index in [1.807, 2.05) is 5.51 Å². The van der Waals surface area contributed by atoms with Gasteiger partial charge in [0.1, 0.15) is 0 Å². The third-order valence-corrected chi connectivity index (χ3v) is 4.00. The van der Waals surface area contributed by atoms with Crippen LogP contribution in [0.2, 0.25) is 0 Å². The monoisotopic (exact) mass is 204 g/mol. The van der Waals surface area contributed by atoms with Crippen LogP contribution < -0.4 is 5.73 Å². The van der Waals surface area contributed by atoms with Gasteiger partial charge in [-0.05, 0) is 30.5 Å². The van der Waals surface area contributed by atoms with E-state index >= 15 is 0 Å². The standard InChI is InChI=1S/C11H12N2S/c12-6-11(3-4-11)8-1-2-10-9(5-8)13-7-14-10/h1-2,5,7H,3-4,6,12H2. The summed E-state index contributed by atoms with van der Waals surface area (Å²) in [5.41, 5.74) is 10.5. The highest BCUT2D eigenvalue weighted by Gasteiger charge is 2.42.